The number of nitrogens with one attached hydrogen (secondary N) is 1. The van der Waals surface area contributed by atoms with Gasteiger partial charge in [-0.15, -0.1) is 0 Å². The van der Waals surface area contributed by atoms with Crippen molar-refractivity contribution in [3.8, 4) is 17.2 Å². The van der Waals surface area contributed by atoms with Crippen molar-refractivity contribution in [2.24, 2.45) is 0 Å². The number of rotatable bonds is 5. The van der Waals surface area contributed by atoms with Gasteiger partial charge in [0.05, 0.1) is 7.11 Å². The Morgan fingerprint density at radius 1 is 1.12 bits per heavy atom. The van der Waals surface area contributed by atoms with Crippen LogP contribution in [-0.4, -0.2) is 32.3 Å². The van der Waals surface area contributed by atoms with E-state index in [1.54, 1.807) is 49.6 Å². The van der Waals surface area contributed by atoms with Crippen LogP contribution in [0.1, 0.15) is 6.92 Å². The fraction of sp³-hybridized carbons (Fsp3) is 0.222. The summed E-state index contributed by atoms with van der Waals surface area (Å²) in [4.78, 5) is 25.6. The molecule has 0 bridgehead atoms. The molecule has 2 aromatic carbocycles. The lowest BCUT2D eigenvalue weighted by Gasteiger charge is -2.21. The van der Waals surface area contributed by atoms with E-state index >= 15 is 0 Å². The molecule has 0 saturated carbocycles. The summed E-state index contributed by atoms with van der Waals surface area (Å²) in [6.07, 6.45) is 0. The van der Waals surface area contributed by atoms with E-state index in [0.29, 0.717) is 28.6 Å². The summed E-state index contributed by atoms with van der Waals surface area (Å²) in [7, 11) is 1.57. The molecule has 1 heterocycles. The minimum atomic E-state index is -0.315. The summed E-state index contributed by atoms with van der Waals surface area (Å²) >= 11 is 0. The maximum atomic E-state index is 12.3. The van der Waals surface area contributed by atoms with Crippen LogP contribution in [0.2, 0.25) is 0 Å². The molecule has 7 heteroatoms. The fourth-order valence-electron chi connectivity index (χ4n) is 2.47. The Kier molecular flexibility index (Phi) is 4.74. The van der Waals surface area contributed by atoms with Crippen LogP contribution in [0.3, 0.4) is 0 Å². The molecule has 0 radical (unpaired) electrons. The first-order valence-corrected chi connectivity index (χ1v) is 7.68. The molecule has 2 aromatic rings. The molecule has 1 aliphatic rings. The van der Waals surface area contributed by atoms with Gasteiger partial charge in [0.15, 0.2) is 11.5 Å². The van der Waals surface area contributed by atoms with Crippen LogP contribution in [0.5, 0.6) is 17.2 Å². The summed E-state index contributed by atoms with van der Waals surface area (Å²) in [5.41, 5.74) is 1.20. The van der Waals surface area contributed by atoms with E-state index < -0.39 is 0 Å². The molecular weight excluding hydrogens is 324 g/mol. The Morgan fingerprint density at radius 3 is 2.52 bits per heavy atom. The van der Waals surface area contributed by atoms with Crippen molar-refractivity contribution in [3.05, 3.63) is 42.5 Å². The molecule has 25 heavy (non-hydrogen) atoms. The first-order chi connectivity index (χ1) is 12.1. The highest BCUT2D eigenvalue weighted by Crippen LogP contribution is 2.34. The van der Waals surface area contributed by atoms with E-state index in [9.17, 15) is 9.59 Å². The zero-order valence-corrected chi connectivity index (χ0v) is 13.9. The van der Waals surface area contributed by atoms with Crippen LogP contribution in [0.15, 0.2) is 42.5 Å². The average Bonchev–Trinajstić information content (AvgIpc) is 3.07. The van der Waals surface area contributed by atoms with Crippen LogP contribution >= 0.6 is 0 Å². The second-order valence-corrected chi connectivity index (χ2v) is 5.42. The number of anilines is 2. The first-order valence-electron chi connectivity index (χ1n) is 7.68. The lowest BCUT2D eigenvalue weighted by molar-refractivity contribution is -0.120. The zero-order valence-electron chi connectivity index (χ0n) is 13.9. The summed E-state index contributed by atoms with van der Waals surface area (Å²) in [5.74, 6) is 1.35. The van der Waals surface area contributed by atoms with E-state index in [2.05, 4.69) is 5.32 Å². The Bertz CT molecular complexity index is 789. The van der Waals surface area contributed by atoms with Gasteiger partial charge in [0.2, 0.25) is 18.6 Å². The maximum Gasteiger partial charge on any atom is 0.244 e. The SMILES string of the molecule is COc1ccc(N(CC(=O)Nc2ccc3c(c2)OCO3)C(C)=O)cc1. The van der Waals surface area contributed by atoms with Crippen molar-refractivity contribution in [1.29, 1.82) is 0 Å². The Labute approximate surface area is 145 Å². The van der Waals surface area contributed by atoms with Gasteiger partial charge in [-0.05, 0) is 36.4 Å². The molecule has 7 nitrogen and oxygen atoms in total. The number of carbonyl (C=O) groups is 2. The quantitative estimate of drug-likeness (QED) is 0.903. The molecular formula is C18H18N2O5. The van der Waals surface area contributed by atoms with Crippen molar-refractivity contribution >= 4 is 23.2 Å². The number of carbonyl (C=O) groups excluding carboxylic acids is 2. The molecule has 0 saturated heterocycles. The number of fused-ring (bicyclic) bond motifs is 1. The van der Waals surface area contributed by atoms with Crippen LogP contribution in [0, 0.1) is 0 Å². The third-order valence-corrected chi connectivity index (χ3v) is 3.72. The standard InChI is InChI=1S/C18H18N2O5/c1-12(21)20(14-4-6-15(23-2)7-5-14)10-18(22)19-13-3-8-16-17(9-13)25-11-24-16/h3-9H,10-11H2,1-2H3,(H,19,22). The van der Waals surface area contributed by atoms with Crippen molar-refractivity contribution < 1.29 is 23.8 Å². The molecule has 1 aliphatic heterocycles. The minimum absolute atomic E-state index is 0.101. The van der Waals surface area contributed by atoms with Crippen LogP contribution in [0.4, 0.5) is 11.4 Å². The third kappa shape index (κ3) is 3.82. The molecule has 0 atom stereocenters. The Hall–Kier alpha value is -3.22. The van der Waals surface area contributed by atoms with Gasteiger partial charge in [-0.3, -0.25) is 9.59 Å². The lowest BCUT2D eigenvalue weighted by atomic mass is 10.2. The molecule has 2 amide bonds. The van der Waals surface area contributed by atoms with E-state index in [1.807, 2.05) is 0 Å². The van der Waals surface area contributed by atoms with E-state index in [0.717, 1.165) is 0 Å². The topological polar surface area (TPSA) is 77.1 Å². The number of methoxy groups -OCH3 is 1. The molecule has 0 spiro atoms. The molecule has 0 aromatic heterocycles. The van der Waals surface area contributed by atoms with Gasteiger partial charge in [-0.1, -0.05) is 0 Å². The largest absolute Gasteiger partial charge is 0.497 e. The second kappa shape index (κ2) is 7.12. The lowest BCUT2D eigenvalue weighted by Crippen LogP contribution is -2.36. The van der Waals surface area contributed by atoms with Crippen LogP contribution < -0.4 is 24.4 Å². The van der Waals surface area contributed by atoms with Crippen LogP contribution in [0.25, 0.3) is 0 Å². The predicted octanol–water partition coefficient (Wildman–Crippen LogP) is 2.42. The minimum Gasteiger partial charge on any atom is -0.497 e. The highest BCUT2D eigenvalue weighted by molar-refractivity contribution is 6.01. The number of nitrogens with zero attached hydrogens (tertiary/aromatic N) is 1. The number of amides is 2. The normalized spacial score (nSPS) is 11.8. The summed E-state index contributed by atoms with van der Waals surface area (Å²) in [5, 5.41) is 2.76. The second-order valence-electron chi connectivity index (χ2n) is 5.42. The predicted molar refractivity (Wildman–Crippen MR) is 92.2 cm³/mol. The zero-order chi connectivity index (χ0) is 17.8. The molecule has 3 rings (SSSR count). The van der Waals surface area contributed by atoms with Gasteiger partial charge in [0.25, 0.3) is 0 Å². The Morgan fingerprint density at radius 2 is 1.84 bits per heavy atom. The number of benzene rings is 2. The summed E-state index contributed by atoms with van der Waals surface area (Å²) in [6, 6.07) is 12.1. The third-order valence-electron chi connectivity index (χ3n) is 3.72. The molecule has 0 unspecified atom stereocenters. The van der Waals surface area contributed by atoms with Gasteiger partial charge < -0.3 is 24.4 Å². The summed E-state index contributed by atoms with van der Waals surface area (Å²) in [6.45, 7) is 1.48. The molecule has 1 N–H and O–H groups in total. The van der Waals surface area contributed by atoms with Crippen molar-refractivity contribution in [2.75, 3.05) is 30.7 Å². The average molecular weight is 342 g/mol. The maximum absolute atomic E-state index is 12.3. The molecule has 0 aliphatic carbocycles. The number of ether oxygens (including phenoxy) is 3. The highest BCUT2D eigenvalue weighted by Gasteiger charge is 2.18. The monoisotopic (exact) mass is 342 g/mol. The van der Waals surface area contributed by atoms with Crippen molar-refractivity contribution in [2.45, 2.75) is 6.92 Å². The van der Waals surface area contributed by atoms with E-state index in [4.69, 9.17) is 14.2 Å². The van der Waals surface area contributed by atoms with Crippen LogP contribution in [-0.2, 0) is 9.59 Å². The molecule has 0 fully saturated rings. The van der Waals surface area contributed by atoms with E-state index in [-0.39, 0.29) is 25.2 Å². The van der Waals surface area contributed by atoms with Gasteiger partial charge in [0.1, 0.15) is 12.3 Å². The van der Waals surface area contributed by atoms with E-state index in [1.165, 1.54) is 11.8 Å². The smallest absolute Gasteiger partial charge is 0.244 e. The number of hydrogen-bond donors (Lipinski definition) is 1. The highest BCUT2D eigenvalue weighted by atomic mass is 16.7. The Balaban J connectivity index is 1.69. The van der Waals surface area contributed by atoms with Gasteiger partial charge >= 0.3 is 0 Å². The van der Waals surface area contributed by atoms with Crippen molar-refractivity contribution in [1.82, 2.24) is 0 Å². The summed E-state index contributed by atoms with van der Waals surface area (Å²) < 4.78 is 15.6. The van der Waals surface area contributed by atoms with Crippen molar-refractivity contribution in [3.63, 3.8) is 0 Å². The first kappa shape index (κ1) is 16.6. The van der Waals surface area contributed by atoms with Gasteiger partial charge in [-0.2, -0.15) is 0 Å². The van der Waals surface area contributed by atoms with Gasteiger partial charge in [-0.25, -0.2) is 0 Å². The molecule has 130 valence electrons. The van der Waals surface area contributed by atoms with Gasteiger partial charge in [0, 0.05) is 24.4 Å². The fourth-order valence-corrected chi connectivity index (χ4v) is 2.47. The number of hydrogen-bond acceptors (Lipinski definition) is 5.